The maximum absolute atomic E-state index is 12.7. The molecule has 0 aromatic carbocycles. The third kappa shape index (κ3) is 1.72. The van der Waals surface area contributed by atoms with Crippen molar-refractivity contribution >= 4 is 0 Å². The van der Waals surface area contributed by atoms with Crippen LogP contribution in [0.2, 0.25) is 0 Å². The van der Waals surface area contributed by atoms with Gasteiger partial charge in [-0.05, 0) is 25.6 Å². The lowest BCUT2D eigenvalue weighted by Gasteiger charge is -2.31. The summed E-state index contributed by atoms with van der Waals surface area (Å²) in [4.78, 5) is 3.67. The third-order valence-corrected chi connectivity index (χ3v) is 2.31. The fraction of sp³-hybridized carbons (Fsp3) is 0.444. The molecule has 1 heterocycles. The molecule has 1 atom stereocenters. The average Bonchev–Trinajstić information content (AvgIpc) is 2.16. The van der Waals surface area contributed by atoms with Gasteiger partial charge in [0.25, 0.3) is 0 Å². The zero-order valence-electron chi connectivity index (χ0n) is 7.89. The molecule has 78 valence electrons. The van der Waals surface area contributed by atoms with Crippen molar-refractivity contribution < 1.29 is 13.2 Å². The zero-order chi connectivity index (χ0) is 10.8. The van der Waals surface area contributed by atoms with Gasteiger partial charge in [-0.15, -0.1) is 0 Å². The van der Waals surface area contributed by atoms with Gasteiger partial charge in [0.2, 0.25) is 0 Å². The molecule has 1 N–H and O–H groups in total. The number of alkyl halides is 3. The van der Waals surface area contributed by atoms with E-state index in [2.05, 4.69) is 10.3 Å². The Balaban J connectivity index is 3.15. The highest BCUT2D eigenvalue weighted by Crippen LogP contribution is 2.37. The second-order valence-electron chi connectivity index (χ2n) is 3.11. The highest BCUT2D eigenvalue weighted by atomic mass is 19.4. The molecule has 0 saturated carbocycles. The second kappa shape index (κ2) is 3.57. The molecule has 0 radical (unpaired) electrons. The second-order valence-corrected chi connectivity index (χ2v) is 3.11. The summed E-state index contributed by atoms with van der Waals surface area (Å²) in [5.74, 6) is 0. The van der Waals surface area contributed by atoms with Crippen LogP contribution in [0.1, 0.15) is 12.5 Å². The monoisotopic (exact) mass is 204 g/mol. The summed E-state index contributed by atoms with van der Waals surface area (Å²) in [6, 6.07) is 2.88. The summed E-state index contributed by atoms with van der Waals surface area (Å²) in [5.41, 5.74) is -1.93. The molecular formula is C9H11F3N2. The first-order chi connectivity index (χ1) is 6.42. The molecule has 0 aliphatic rings. The van der Waals surface area contributed by atoms with Gasteiger partial charge in [0.1, 0.15) is 5.54 Å². The van der Waals surface area contributed by atoms with Crippen LogP contribution in [0.4, 0.5) is 13.2 Å². The van der Waals surface area contributed by atoms with Crippen molar-refractivity contribution in [3.05, 3.63) is 30.1 Å². The standard InChI is InChI=1S/C9H11F3N2/c1-8(13-2,9(10,11)12)7-4-3-5-14-6-7/h3-6,13H,1-2H3. The van der Waals surface area contributed by atoms with Gasteiger partial charge in [0.05, 0.1) is 0 Å². The first-order valence-electron chi connectivity index (χ1n) is 4.08. The van der Waals surface area contributed by atoms with Crippen LogP contribution in [-0.4, -0.2) is 18.2 Å². The minimum Gasteiger partial charge on any atom is -0.303 e. The summed E-state index contributed by atoms with van der Waals surface area (Å²) in [6.07, 6.45) is -1.69. The van der Waals surface area contributed by atoms with E-state index in [1.807, 2.05) is 0 Å². The van der Waals surface area contributed by atoms with Crippen LogP contribution in [-0.2, 0) is 5.54 Å². The Kier molecular flexibility index (Phi) is 2.80. The molecule has 1 aromatic rings. The largest absolute Gasteiger partial charge is 0.410 e. The number of nitrogens with one attached hydrogen (secondary N) is 1. The first kappa shape index (κ1) is 11.0. The Bertz CT molecular complexity index is 297. The average molecular weight is 204 g/mol. The molecule has 2 nitrogen and oxygen atoms in total. The predicted octanol–water partition coefficient (Wildman–Crippen LogP) is 2.08. The van der Waals surface area contributed by atoms with E-state index in [1.165, 1.54) is 31.6 Å². The molecule has 1 aromatic heterocycles. The smallest absolute Gasteiger partial charge is 0.303 e. The molecule has 5 heteroatoms. The van der Waals surface area contributed by atoms with Crippen LogP contribution in [0.5, 0.6) is 0 Å². The molecule has 0 saturated heterocycles. The van der Waals surface area contributed by atoms with E-state index < -0.39 is 11.7 Å². The van der Waals surface area contributed by atoms with E-state index in [1.54, 1.807) is 0 Å². The Morgan fingerprint density at radius 2 is 2.00 bits per heavy atom. The molecule has 1 unspecified atom stereocenters. The minimum atomic E-state index is -4.34. The quantitative estimate of drug-likeness (QED) is 0.797. The molecular weight excluding hydrogens is 193 g/mol. The number of nitrogens with zero attached hydrogens (tertiary/aromatic N) is 1. The number of halogens is 3. The van der Waals surface area contributed by atoms with Crippen molar-refractivity contribution in [3.8, 4) is 0 Å². The summed E-state index contributed by atoms with van der Waals surface area (Å²) < 4.78 is 38.1. The molecule has 0 aliphatic carbocycles. The van der Waals surface area contributed by atoms with Crippen molar-refractivity contribution in [1.29, 1.82) is 0 Å². The van der Waals surface area contributed by atoms with Gasteiger partial charge in [0.15, 0.2) is 0 Å². The molecule has 0 aliphatic heterocycles. The van der Waals surface area contributed by atoms with Crippen molar-refractivity contribution in [2.45, 2.75) is 18.6 Å². The van der Waals surface area contributed by atoms with Gasteiger partial charge in [-0.25, -0.2) is 0 Å². The van der Waals surface area contributed by atoms with Crippen molar-refractivity contribution in [2.24, 2.45) is 0 Å². The first-order valence-corrected chi connectivity index (χ1v) is 4.08. The van der Waals surface area contributed by atoms with Crippen LogP contribution < -0.4 is 5.32 Å². The number of hydrogen-bond donors (Lipinski definition) is 1. The molecule has 0 spiro atoms. The van der Waals surface area contributed by atoms with Crippen LogP contribution in [0.15, 0.2) is 24.5 Å². The molecule has 14 heavy (non-hydrogen) atoms. The van der Waals surface area contributed by atoms with E-state index in [9.17, 15) is 13.2 Å². The van der Waals surface area contributed by atoms with Gasteiger partial charge in [-0.3, -0.25) is 4.98 Å². The number of aromatic nitrogens is 1. The van der Waals surface area contributed by atoms with Crippen molar-refractivity contribution in [1.82, 2.24) is 10.3 Å². The van der Waals surface area contributed by atoms with E-state index >= 15 is 0 Å². The normalized spacial score (nSPS) is 16.4. The zero-order valence-corrected chi connectivity index (χ0v) is 7.89. The third-order valence-electron chi connectivity index (χ3n) is 2.31. The molecule has 1 rings (SSSR count). The van der Waals surface area contributed by atoms with Crippen molar-refractivity contribution in [2.75, 3.05) is 7.05 Å². The highest BCUT2D eigenvalue weighted by molar-refractivity contribution is 5.21. The van der Waals surface area contributed by atoms with E-state index in [-0.39, 0.29) is 5.56 Å². The van der Waals surface area contributed by atoms with Gasteiger partial charge < -0.3 is 5.32 Å². The van der Waals surface area contributed by atoms with Crippen LogP contribution in [0.25, 0.3) is 0 Å². The SMILES string of the molecule is CNC(C)(c1cccnc1)C(F)(F)F. The Hall–Kier alpha value is -1.10. The topological polar surface area (TPSA) is 24.9 Å². The molecule has 0 amide bonds. The number of pyridine rings is 1. The van der Waals surface area contributed by atoms with E-state index in [0.29, 0.717) is 0 Å². The Morgan fingerprint density at radius 3 is 2.36 bits per heavy atom. The Labute approximate surface area is 80.2 Å². The Morgan fingerprint density at radius 1 is 1.36 bits per heavy atom. The summed E-state index contributed by atoms with van der Waals surface area (Å²) in [6.45, 7) is 1.09. The predicted molar refractivity (Wildman–Crippen MR) is 46.7 cm³/mol. The number of hydrogen-bond acceptors (Lipinski definition) is 2. The van der Waals surface area contributed by atoms with E-state index in [4.69, 9.17) is 0 Å². The van der Waals surface area contributed by atoms with Gasteiger partial charge >= 0.3 is 6.18 Å². The molecule has 0 bridgehead atoms. The summed E-state index contributed by atoms with van der Waals surface area (Å²) in [5, 5.41) is 2.27. The van der Waals surface area contributed by atoms with Crippen LogP contribution >= 0.6 is 0 Å². The summed E-state index contributed by atoms with van der Waals surface area (Å²) in [7, 11) is 1.28. The lowest BCUT2D eigenvalue weighted by Crippen LogP contribution is -2.49. The van der Waals surface area contributed by atoms with Crippen LogP contribution in [0, 0.1) is 0 Å². The fourth-order valence-corrected chi connectivity index (χ4v) is 1.11. The maximum Gasteiger partial charge on any atom is 0.410 e. The lowest BCUT2D eigenvalue weighted by atomic mass is 9.93. The summed E-state index contributed by atoms with van der Waals surface area (Å²) >= 11 is 0. The minimum absolute atomic E-state index is 0.106. The van der Waals surface area contributed by atoms with E-state index in [0.717, 1.165) is 6.92 Å². The van der Waals surface area contributed by atoms with Gasteiger partial charge in [-0.2, -0.15) is 13.2 Å². The highest BCUT2D eigenvalue weighted by Gasteiger charge is 2.51. The van der Waals surface area contributed by atoms with Gasteiger partial charge in [0, 0.05) is 12.4 Å². The van der Waals surface area contributed by atoms with Gasteiger partial charge in [-0.1, -0.05) is 6.07 Å². The number of rotatable bonds is 2. The van der Waals surface area contributed by atoms with Crippen molar-refractivity contribution in [3.63, 3.8) is 0 Å². The fourth-order valence-electron chi connectivity index (χ4n) is 1.11. The maximum atomic E-state index is 12.7. The molecule has 0 fully saturated rings. The van der Waals surface area contributed by atoms with Crippen LogP contribution in [0.3, 0.4) is 0 Å². The lowest BCUT2D eigenvalue weighted by molar-refractivity contribution is -0.193.